The van der Waals surface area contributed by atoms with Crippen LogP contribution in [0.25, 0.3) is 10.2 Å². The predicted octanol–water partition coefficient (Wildman–Crippen LogP) is 3.00. The van der Waals surface area contributed by atoms with Crippen LogP contribution in [-0.4, -0.2) is 52.0 Å². The van der Waals surface area contributed by atoms with Crippen molar-refractivity contribution >= 4 is 33.4 Å². The van der Waals surface area contributed by atoms with Crippen LogP contribution >= 0.6 is 11.3 Å². The molecule has 41 heavy (non-hydrogen) atoms. The van der Waals surface area contributed by atoms with Crippen molar-refractivity contribution in [3.05, 3.63) is 61.1 Å². The van der Waals surface area contributed by atoms with Crippen molar-refractivity contribution in [2.45, 2.75) is 83.8 Å². The third kappa shape index (κ3) is 5.81. The number of para-hydroxylation sites is 1. The highest BCUT2D eigenvalue weighted by atomic mass is 32.1. The number of carbonyl (C=O) groups is 2. The topological polar surface area (TPSA) is 152 Å². The molecule has 1 fully saturated rings. The van der Waals surface area contributed by atoms with Gasteiger partial charge in [-0.3, -0.25) is 14.2 Å². The Morgan fingerprint density at radius 3 is 2.44 bits per heavy atom. The van der Waals surface area contributed by atoms with Crippen molar-refractivity contribution in [1.29, 1.82) is 0 Å². The number of primary amides is 1. The van der Waals surface area contributed by atoms with Gasteiger partial charge in [-0.1, -0.05) is 18.2 Å². The summed E-state index contributed by atoms with van der Waals surface area (Å²) < 4.78 is 19.6. The molecule has 0 unspecified atom stereocenters. The molecule has 222 valence electrons. The predicted molar refractivity (Wildman–Crippen MR) is 155 cm³/mol. The van der Waals surface area contributed by atoms with E-state index >= 15 is 0 Å². The van der Waals surface area contributed by atoms with Crippen LogP contribution in [0.2, 0.25) is 0 Å². The Bertz CT molecular complexity index is 1560. The summed E-state index contributed by atoms with van der Waals surface area (Å²) in [6, 6.07) is 7.30. The van der Waals surface area contributed by atoms with E-state index in [0.29, 0.717) is 42.6 Å². The summed E-state index contributed by atoms with van der Waals surface area (Å²) in [5, 5.41) is 10.1. The van der Waals surface area contributed by atoms with E-state index in [9.17, 15) is 24.3 Å². The average molecular weight is 588 g/mol. The first-order chi connectivity index (χ1) is 19.4. The average Bonchev–Trinajstić information content (AvgIpc) is 3.28. The van der Waals surface area contributed by atoms with Crippen molar-refractivity contribution in [2.75, 3.05) is 13.7 Å². The number of aromatic nitrogens is 2. The van der Waals surface area contributed by atoms with Crippen LogP contribution in [0.5, 0.6) is 5.75 Å². The van der Waals surface area contributed by atoms with Crippen LogP contribution in [0.1, 0.15) is 73.4 Å². The number of nitrogens with two attached hydrogens (primary N) is 1. The number of methoxy groups -OCH3 is 1. The molecule has 1 saturated carbocycles. The molecular weight excluding hydrogens is 550 g/mol. The van der Waals surface area contributed by atoms with Crippen molar-refractivity contribution in [2.24, 2.45) is 5.73 Å². The lowest BCUT2D eigenvalue weighted by Crippen LogP contribution is -2.54. The van der Waals surface area contributed by atoms with Crippen molar-refractivity contribution in [1.82, 2.24) is 9.13 Å². The number of esters is 1. The molecule has 11 nitrogen and oxygen atoms in total. The minimum atomic E-state index is -1.66. The molecule has 1 aliphatic carbocycles. The molecule has 1 aromatic carbocycles. The van der Waals surface area contributed by atoms with E-state index < -0.39 is 34.8 Å². The number of hydrogen-bond acceptors (Lipinski definition) is 9. The second-order valence-corrected chi connectivity index (χ2v) is 11.7. The highest BCUT2D eigenvalue weighted by Crippen LogP contribution is 2.35. The number of aliphatic hydroxyl groups is 1. The van der Waals surface area contributed by atoms with Crippen molar-refractivity contribution < 1.29 is 28.9 Å². The molecule has 3 aromatic rings. The van der Waals surface area contributed by atoms with E-state index in [1.807, 2.05) is 18.2 Å². The monoisotopic (exact) mass is 587 g/mol. The molecule has 4 rings (SSSR count). The van der Waals surface area contributed by atoms with Crippen LogP contribution in [0, 0.1) is 6.92 Å². The van der Waals surface area contributed by atoms with Gasteiger partial charge in [0.25, 0.3) is 5.56 Å². The zero-order chi connectivity index (χ0) is 30.1. The van der Waals surface area contributed by atoms with Gasteiger partial charge in [-0.25, -0.2) is 14.2 Å². The number of nitrogens with zero attached hydrogens (tertiary/aromatic N) is 2. The van der Waals surface area contributed by atoms with Crippen LogP contribution in [0.4, 0.5) is 0 Å². The number of ether oxygens (including phenoxy) is 3. The summed E-state index contributed by atoms with van der Waals surface area (Å²) in [6.07, 6.45) is 1.19. The fraction of sp³-hybridized carbons (Fsp3) is 0.517. The lowest BCUT2D eigenvalue weighted by molar-refractivity contribution is -0.125. The second-order valence-electron chi connectivity index (χ2n) is 10.7. The lowest BCUT2D eigenvalue weighted by Gasteiger charge is -2.31. The number of fused-ring (bicyclic) bond motifs is 1. The fourth-order valence-electron chi connectivity index (χ4n) is 5.23. The maximum atomic E-state index is 14.1. The van der Waals surface area contributed by atoms with Crippen LogP contribution < -0.4 is 21.7 Å². The Kier molecular flexibility index (Phi) is 9.05. The number of rotatable bonds is 10. The van der Waals surface area contributed by atoms with Crippen LogP contribution in [0.15, 0.2) is 33.9 Å². The second kappa shape index (κ2) is 12.2. The summed E-state index contributed by atoms with van der Waals surface area (Å²) in [5.41, 5.74) is 3.55. The smallest absolute Gasteiger partial charge is 0.348 e. The van der Waals surface area contributed by atoms with Crippen molar-refractivity contribution in [3.63, 3.8) is 0 Å². The molecule has 0 bridgehead atoms. The summed E-state index contributed by atoms with van der Waals surface area (Å²) in [4.78, 5) is 53.6. The molecule has 0 aliphatic heterocycles. The number of thiophene rings is 1. The summed E-state index contributed by atoms with van der Waals surface area (Å²) >= 11 is 0.987. The highest BCUT2D eigenvalue weighted by molar-refractivity contribution is 7.20. The highest BCUT2D eigenvalue weighted by Gasteiger charge is 2.35. The third-order valence-corrected chi connectivity index (χ3v) is 8.96. The molecule has 1 atom stereocenters. The summed E-state index contributed by atoms with van der Waals surface area (Å²) in [7, 11) is 1.54. The number of carbonyl (C=O) groups excluding carboxylic acids is 2. The molecule has 2 aromatic heterocycles. The van der Waals surface area contributed by atoms with Gasteiger partial charge in [-0.2, -0.15) is 0 Å². The molecular formula is C29H37N3O8S. The van der Waals surface area contributed by atoms with Gasteiger partial charge < -0.3 is 25.1 Å². The zero-order valence-corrected chi connectivity index (χ0v) is 24.8. The van der Waals surface area contributed by atoms with Gasteiger partial charge in [0.05, 0.1) is 37.9 Å². The number of aryl methyl sites for hydroxylation is 1. The summed E-state index contributed by atoms with van der Waals surface area (Å²) in [6.45, 7) is 6.19. The first kappa shape index (κ1) is 30.5. The molecule has 1 amide bonds. The van der Waals surface area contributed by atoms with E-state index in [4.69, 9.17) is 19.9 Å². The van der Waals surface area contributed by atoms with E-state index in [0.717, 1.165) is 15.9 Å². The third-order valence-electron chi connectivity index (χ3n) is 7.67. The van der Waals surface area contributed by atoms with E-state index in [2.05, 4.69) is 0 Å². The van der Waals surface area contributed by atoms with Crippen LogP contribution in [-0.2, 0) is 26.4 Å². The maximum Gasteiger partial charge on any atom is 0.348 e. The SMILES string of the molecule is CCOC(=O)c1sc2c(c1C)c(=O)n(C(C)(C)C(N)=O)c(=O)n2C[C@H](O[C@H]1CC[C@@H](O)CC1)c1ccccc1OC. The van der Waals surface area contributed by atoms with Gasteiger partial charge in [0.15, 0.2) is 0 Å². The van der Waals surface area contributed by atoms with Crippen molar-refractivity contribution in [3.8, 4) is 5.75 Å². The van der Waals surface area contributed by atoms with Gasteiger partial charge in [0, 0.05) is 5.56 Å². The Balaban J connectivity index is 1.97. The van der Waals surface area contributed by atoms with E-state index in [1.54, 1.807) is 27.0 Å². The van der Waals surface area contributed by atoms with Gasteiger partial charge in [-0.15, -0.1) is 11.3 Å². The molecule has 0 saturated heterocycles. The minimum Gasteiger partial charge on any atom is -0.496 e. The standard InChI is InChI=1S/C29H37N3O8S/c1-6-39-26(35)23-16(2)22-24(34)32(29(3,4)27(30)36)28(37)31(25(22)41-23)15-21(19-9-7-8-10-20(19)38-5)40-18-13-11-17(33)12-14-18/h7-10,17-18,21,33H,6,11-15H2,1-5H3,(H2,30,36)/t17-,18+,21-/m0/s1. The zero-order valence-electron chi connectivity index (χ0n) is 24.0. The van der Waals surface area contributed by atoms with Gasteiger partial charge in [-0.05, 0) is 65.0 Å². The minimum absolute atomic E-state index is 0.0495. The number of benzene rings is 1. The van der Waals surface area contributed by atoms with Crippen LogP contribution in [0.3, 0.4) is 0 Å². The lowest BCUT2D eigenvalue weighted by atomic mass is 9.94. The van der Waals surface area contributed by atoms with Gasteiger partial charge in [0.2, 0.25) is 5.91 Å². The number of hydrogen-bond donors (Lipinski definition) is 2. The molecule has 0 spiro atoms. The molecule has 12 heteroatoms. The molecule has 0 radical (unpaired) electrons. The molecule has 1 aliphatic rings. The van der Waals surface area contributed by atoms with Gasteiger partial charge in [0.1, 0.15) is 27.1 Å². The van der Waals surface area contributed by atoms with Gasteiger partial charge >= 0.3 is 11.7 Å². The Morgan fingerprint density at radius 2 is 1.83 bits per heavy atom. The Morgan fingerprint density at radius 1 is 1.17 bits per heavy atom. The Hall–Kier alpha value is -3.48. The molecule has 3 N–H and O–H groups in total. The first-order valence-electron chi connectivity index (χ1n) is 13.6. The fourth-order valence-corrected chi connectivity index (χ4v) is 6.42. The summed E-state index contributed by atoms with van der Waals surface area (Å²) in [5.74, 6) is -0.916. The number of aliphatic hydroxyl groups excluding tert-OH is 1. The Labute approximate surface area is 241 Å². The largest absolute Gasteiger partial charge is 0.496 e. The quantitative estimate of drug-likeness (QED) is 0.344. The first-order valence-corrected chi connectivity index (χ1v) is 14.5. The maximum absolute atomic E-state index is 14.1. The number of amides is 1. The van der Waals surface area contributed by atoms with E-state index in [1.165, 1.54) is 18.4 Å². The van der Waals surface area contributed by atoms with E-state index in [-0.39, 0.29) is 40.5 Å². The normalized spacial score (nSPS) is 18.3. The molecule has 2 heterocycles.